The number of amides is 1. The fourth-order valence-electron chi connectivity index (χ4n) is 2.14. The van der Waals surface area contributed by atoms with Gasteiger partial charge in [0.2, 0.25) is 0 Å². The highest BCUT2D eigenvalue weighted by Crippen LogP contribution is 2.35. The fourth-order valence-corrected chi connectivity index (χ4v) is 2.14. The van der Waals surface area contributed by atoms with Gasteiger partial charge in [0.05, 0.1) is 23.0 Å². The van der Waals surface area contributed by atoms with Gasteiger partial charge in [-0.3, -0.25) is 4.79 Å². The van der Waals surface area contributed by atoms with Crippen molar-refractivity contribution in [1.82, 2.24) is 15.1 Å². The lowest BCUT2D eigenvalue weighted by Crippen LogP contribution is -2.31. The molecule has 2 aromatic rings. The van der Waals surface area contributed by atoms with Crippen LogP contribution >= 0.6 is 0 Å². The van der Waals surface area contributed by atoms with Crippen LogP contribution in [0.2, 0.25) is 0 Å². The highest BCUT2D eigenvalue weighted by atomic mass is 19.4. The van der Waals surface area contributed by atoms with Crippen molar-refractivity contribution < 1.29 is 31.1 Å². The number of halogens is 6. The average molecular weight is 365 g/mol. The summed E-state index contributed by atoms with van der Waals surface area (Å²) in [4.78, 5) is 11.9. The van der Waals surface area contributed by atoms with E-state index in [1.54, 1.807) is 13.8 Å². The zero-order valence-corrected chi connectivity index (χ0v) is 13.0. The first-order valence-corrected chi connectivity index (χ1v) is 7.05. The number of carbonyl (C=O) groups excluding carboxylic acids is 1. The standard InChI is InChI=1S/C15H13F6N3O/c1-8(2)23-13(25)11-7-22-24(12(11)15(19,20)21)10-5-3-4-9(6-10)14(16,17)18/h3-8H,1-2H3,(H,23,25). The van der Waals surface area contributed by atoms with Crippen LogP contribution in [0.5, 0.6) is 0 Å². The monoisotopic (exact) mass is 365 g/mol. The van der Waals surface area contributed by atoms with E-state index in [1.165, 1.54) is 0 Å². The normalized spacial score (nSPS) is 12.5. The van der Waals surface area contributed by atoms with E-state index in [9.17, 15) is 31.1 Å². The van der Waals surface area contributed by atoms with Crippen LogP contribution in [-0.4, -0.2) is 21.7 Å². The smallest absolute Gasteiger partial charge is 0.350 e. The Balaban J connectivity index is 2.60. The van der Waals surface area contributed by atoms with Crippen molar-refractivity contribution in [2.45, 2.75) is 32.2 Å². The van der Waals surface area contributed by atoms with Gasteiger partial charge in [0.25, 0.3) is 5.91 Å². The van der Waals surface area contributed by atoms with Crippen LogP contribution in [0, 0.1) is 0 Å². The van der Waals surface area contributed by atoms with Crippen LogP contribution in [0.1, 0.15) is 35.5 Å². The van der Waals surface area contributed by atoms with E-state index in [0.717, 1.165) is 18.2 Å². The third kappa shape index (κ3) is 4.12. The van der Waals surface area contributed by atoms with E-state index in [2.05, 4.69) is 10.4 Å². The van der Waals surface area contributed by atoms with Crippen molar-refractivity contribution in [3.05, 3.63) is 47.3 Å². The van der Waals surface area contributed by atoms with Crippen LogP contribution < -0.4 is 5.32 Å². The van der Waals surface area contributed by atoms with Crippen molar-refractivity contribution >= 4 is 5.91 Å². The van der Waals surface area contributed by atoms with Crippen LogP contribution in [0.25, 0.3) is 5.69 Å². The topological polar surface area (TPSA) is 46.9 Å². The van der Waals surface area contributed by atoms with Crippen molar-refractivity contribution in [2.24, 2.45) is 0 Å². The molecule has 0 fully saturated rings. The summed E-state index contributed by atoms with van der Waals surface area (Å²) in [6, 6.07) is 2.85. The van der Waals surface area contributed by atoms with Crippen molar-refractivity contribution in [3.8, 4) is 5.69 Å². The number of rotatable bonds is 3. The van der Waals surface area contributed by atoms with E-state index >= 15 is 0 Å². The Bertz CT molecular complexity index is 776. The summed E-state index contributed by atoms with van der Waals surface area (Å²) in [6.07, 6.45) is -9.03. The molecule has 2 rings (SSSR count). The van der Waals surface area contributed by atoms with Gasteiger partial charge in [-0.15, -0.1) is 0 Å². The number of alkyl halides is 6. The summed E-state index contributed by atoms with van der Waals surface area (Å²) in [5.74, 6) is -1.01. The first-order valence-electron chi connectivity index (χ1n) is 7.05. The molecule has 1 aromatic carbocycles. The molecule has 0 aliphatic heterocycles. The second-order valence-electron chi connectivity index (χ2n) is 5.49. The molecule has 0 bridgehead atoms. The number of benzene rings is 1. The maximum atomic E-state index is 13.4. The molecule has 25 heavy (non-hydrogen) atoms. The van der Waals surface area contributed by atoms with Crippen molar-refractivity contribution in [1.29, 1.82) is 0 Å². The molecule has 4 nitrogen and oxygen atoms in total. The van der Waals surface area contributed by atoms with E-state index in [1.807, 2.05) is 0 Å². The maximum Gasteiger partial charge on any atom is 0.434 e. The summed E-state index contributed by atoms with van der Waals surface area (Å²) >= 11 is 0. The molecule has 0 saturated carbocycles. The molecule has 0 aliphatic carbocycles. The van der Waals surface area contributed by atoms with E-state index < -0.39 is 46.8 Å². The second-order valence-corrected chi connectivity index (χ2v) is 5.49. The van der Waals surface area contributed by atoms with Crippen LogP contribution in [-0.2, 0) is 12.4 Å². The molecule has 0 radical (unpaired) electrons. The predicted octanol–water partition coefficient (Wildman–Crippen LogP) is 4.05. The molecule has 1 heterocycles. The van der Waals surface area contributed by atoms with Gasteiger partial charge in [-0.1, -0.05) is 6.07 Å². The lowest BCUT2D eigenvalue weighted by atomic mass is 10.1. The van der Waals surface area contributed by atoms with Gasteiger partial charge in [-0.25, -0.2) is 4.68 Å². The van der Waals surface area contributed by atoms with Gasteiger partial charge < -0.3 is 5.32 Å². The molecule has 0 spiro atoms. The lowest BCUT2D eigenvalue weighted by Gasteiger charge is -2.15. The van der Waals surface area contributed by atoms with Gasteiger partial charge in [-0.2, -0.15) is 31.4 Å². The summed E-state index contributed by atoms with van der Waals surface area (Å²) in [6.45, 7) is 3.12. The van der Waals surface area contributed by atoms with E-state index in [-0.39, 0.29) is 4.68 Å². The molecular formula is C15H13F6N3O. The van der Waals surface area contributed by atoms with Crippen LogP contribution in [0.15, 0.2) is 30.5 Å². The number of aromatic nitrogens is 2. The molecule has 0 unspecified atom stereocenters. The van der Waals surface area contributed by atoms with Gasteiger partial charge in [0.15, 0.2) is 5.69 Å². The zero-order chi connectivity index (χ0) is 19.0. The molecular weight excluding hydrogens is 352 g/mol. The highest BCUT2D eigenvalue weighted by Gasteiger charge is 2.41. The molecule has 1 aromatic heterocycles. The first kappa shape index (κ1) is 18.8. The third-order valence-corrected chi connectivity index (χ3v) is 3.12. The predicted molar refractivity (Wildman–Crippen MR) is 76.2 cm³/mol. The Morgan fingerprint density at radius 2 is 1.76 bits per heavy atom. The number of nitrogens with one attached hydrogen (secondary N) is 1. The minimum Gasteiger partial charge on any atom is -0.350 e. The Kier molecular flexibility index (Phi) is 4.83. The molecule has 0 saturated heterocycles. The van der Waals surface area contributed by atoms with Gasteiger partial charge in [-0.05, 0) is 32.0 Å². The van der Waals surface area contributed by atoms with E-state index in [0.29, 0.717) is 12.3 Å². The SMILES string of the molecule is CC(C)NC(=O)c1cnn(-c2cccc(C(F)(F)F)c2)c1C(F)(F)F. The van der Waals surface area contributed by atoms with Crippen molar-refractivity contribution in [3.63, 3.8) is 0 Å². The minimum absolute atomic E-state index is 0.282. The summed E-state index contributed by atoms with van der Waals surface area (Å²) in [5.41, 5.74) is -3.78. The molecule has 0 atom stereocenters. The van der Waals surface area contributed by atoms with Gasteiger partial charge in [0, 0.05) is 6.04 Å². The van der Waals surface area contributed by atoms with Gasteiger partial charge in [0.1, 0.15) is 0 Å². The summed E-state index contributed by atoms with van der Waals surface area (Å²) < 4.78 is 78.8. The summed E-state index contributed by atoms with van der Waals surface area (Å²) in [5, 5.41) is 5.77. The molecule has 0 aliphatic rings. The number of hydrogen-bond donors (Lipinski definition) is 1. The lowest BCUT2D eigenvalue weighted by molar-refractivity contribution is -0.143. The minimum atomic E-state index is -4.99. The largest absolute Gasteiger partial charge is 0.434 e. The number of carbonyl (C=O) groups is 1. The molecule has 136 valence electrons. The Morgan fingerprint density at radius 3 is 2.28 bits per heavy atom. The summed E-state index contributed by atoms with van der Waals surface area (Å²) in [7, 11) is 0. The Hall–Kier alpha value is -2.52. The third-order valence-electron chi connectivity index (χ3n) is 3.12. The zero-order valence-electron chi connectivity index (χ0n) is 13.0. The Labute approximate surface area is 138 Å². The number of nitrogens with zero attached hydrogens (tertiary/aromatic N) is 2. The fraction of sp³-hybridized carbons (Fsp3) is 0.333. The van der Waals surface area contributed by atoms with Crippen LogP contribution in [0.3, 0.4) is 0 Å². The molecule has 1 amide bonds. The average Bonchev–Trinajstić information content (AvgIpc) is 2.91. The molecule has 1 N–H and O–H groups in total. The van der Waals surface area contributed by atoms with Gasteiger partial charge >= 0.3 is 12.4 Å². The Morgan fingerprint density at radius 1 is 1.12 bits per heavy atom. The van der Waals surface area contributed by atoms with Crippen LogP contribution in [0.4, 0.5) is 26.3 Å². The first-order chi connectivity index (χ1) is 11.4. The number of hydrogen-bond acceptors (Lipinski definition) is 2. The quantitative estimate of drug-likeness (QED) is 0.835. The highest BCUT2D eigenvalue weighted by molar-refractivity contribution is 5.95. The molecule has 10 heteroatoms. The maximum absolute atomic E-state index is 13.4. The van der Waals surface area contributed by atoms with Crippen molar-refractivity contribution in [2.75, 3.05) is 0 Å². The van der Waals surface area contributed by atoms with E-state index in [4.69, 9.17) is 0 Å². The second kappa shape index (κ2) is 6.41.